The van der Waals surface area contributed by atoms with Gasteiger partial charge in [-0.05, 0) is 27.2 Å². The van der Waals surface area contributed by atoms with E-state index in [0.29, 0.717) is 31.0 Å². The van der Waals surface area contributed by atoms with Crippen LogP contribution < -0.4 is 5.32 Å². The van der Waals surface area contributed by atoms with Crippen molar-refractivity contribution < 1.29 is 17.7 Å². The molecule has 2 atom stereocenters. The summed E-state index contributed by atoms with van der Waals surface area (Å²) in [5.41, 5.74) is 0.657. The average Bonchev–Trinajstić information content (AvgIpc) is 2.99. The third kappa shape index (κ3) is 3.07. The molecule has 0 saturated carbocycles. The zero-order chi connectivity index (χ0) is 16.8. The van der Waals surface area contributed by atoms with Crippen LogP contribution in [0, 0.1) is 6.92 Å². The first-order chi connectivity index (χ1) is 10.8. The molecule has 2 amide bonds. The predicted octanol–water partition coefficient (Wildman–Crippen LogP) is 0.689. The number of nitrogens with zero attached hydrogens (tertiary/aromatic N) is 3. The molecule has 3 rings (SSSR count). The molecular weight excluding hydrogens is 320 g/mol. The lowest BCUT2D eigenvalue weighted by Crippen LogP contribution is -2.53. The molecule has 0 radical (unpaired) electrons. The Bertz CT molecular complexity index is 699. The number of nitrogens with one attached hydrogen (secondary N) is 1. The quantitative estimate of drug-likeness (QED) is 0.868. The smallest absolute Gasteiger partial charge is 0.318 e. The Labute approximate surface area is 135 Å². The van der Waals surface area contributed by atoms with Crippen LogP contribution in [0.1, 0.15) is 31.7 Å². The summed E-state index contributed by atoms with van der Waals surface area (Å²) in [6.45, 7) is 6.40. The minimum absolute atomic E-state index is 0.0569. The van der Waals surface area contributed by atoms with Crippen molar-refractivity contribution in [1.82, 2.24) is 19.7 Å². The van der Waals surface area contributed by atoms with Crippen LogP contribution in [-0.4, -0.2) is 60.0 Å². The van der Waals surface area contributed by atoms with Crippen molar-refractivity contribution in [1.29, 1.82) is 0 Å². The topological polar surface area (TPSA) is 95.8 Å². The van der Waals surface area contributed by atoms with Crippen molar-refractivity contribution in [2.75, 3.05) is 13.1 Å². The lowest BCUT2D eigenvalue weighted by molar-refractivity contribution is 0.157. The summed E-state index contributed by atoms with van der Waals surface area (Å²) < 4.78 is 31.6. The summed E-state index contributed by atoms with van der Waals surface area (Å²) in [6.07, 6.45) is 0.635. The fraction of sp³-hybridized carbons (Fsp3) is 0.714. The van der Waals surface area contributed by atoms with Crippen LogP contribution in [0.2, 0.25) is 0 Å². The number of rotatable bonds is 4. The molecule has 0 spiro atoms. The Morgan fingerprint density at radius 1 is 1.48 bits per heavy atom. The lowest BCUT2D eigenvalue weighted by atomic mass is 10.0. The van der Waals surface area contributed by atoms with Crippen LogP contribution in [0.15, 0.2) is 10.6 Å². The van der Waals surface area contributed by atoms with E-state index in [1.807, 2.05) is 18.7 Å². The number of urea groups is 1. The molecule has 3 heterocycles. The highest BCUT2D eigenvalue weighted by molar-refractivity contribution is 7.88. The number of aromatic nitrogens is 1. The van der Waals surface area contributed by atoms with Crippen LogP contribution in [-0.2, 0) is 15.8 Å². The van der Waals surface area contributed by atoms with Gasteiger partial charge < -0.3 is 14.7 Å². The number of fused-ring (bicyclic) bond motifs is 1. The summed E-state index contributed by atoms with van der Waals surface area (Å²) in [4.78, 5) is 13.9. The predicted molar refractivity (Wildman–Crippen MR) is 83.1 cm³/mol. The SMILES string of the molecule is Cc1cc(CS(=O)(=O)N2CC[C@H]3[C@@H](C2)NC(=O)N3C(C)C)on1. The van der Waals surface area contributed by atoms with Crippen LogP contribution in [0.25, 0.3) is 0 Å². The van der Waals surface area contributed by atoms with E-state index < -0.39 is 10.0 Å². The first-order valence-electron chi connectivity index (χ1n) is 7.77. The second-order valence-electron chi connectivity index (χ2n) is 6.46. The average molecular weight is 342 g/mol. The zero-order valence-electron chi connectivity index (χ0n) is 13.5. The Morgan fingerprint density at radius 3 is 2.83 bits per heavy atom. The molecule has 23 heavy (non-hydrogen) atoms. The summed E-state index contributed by atoms with van der Waals surface area (Å²) in [5, 5.41) is 6.62. The van der Waals surface area contributed by atoms with E-state index in [9.17, 15) is 13.2 Å². The van der Waals surface area contributed by atoms with Crippen LogP contribution in [0.5, 0.6) is 0 Å². The number of sulfonamides is 1. The van der Waals surface area contributed by atoms with Crippen molar-refractivity contribution >= 4 is 16.1 Å². The molecule has 1 aromatic rings. The largest absolute Gasteiger partial charge is 0.360 e. The van der Waals surface area contributed by atoms with Gasteiger partial charge in [0.15, 0.2) is 5.76 Å². The molecule has 1 N–H and O–H groups in total. The van der Waals surface area contributed by atoms with E-state index in [0.717, 1.165) is 0 Å². The van der Waals surface area contributed by atoms with Gasteiger partial charge in [0.1, 0.15) is 5.75 Å². The molecule has 2 saturated heterocycles. The number of aryl methyl sites for hydroxylation is 1. The number of carbonyl (C=O) groups excluding carboxylic acids is 1. The number of hydrogen-bond donors (Lipinski definition) is 1. The number of piperidine rings is 1. The van der Waals surface area contributed by atoms with Gasteiger partial charge in [-0.1, -0.05) is 5.16 Å². The normalized spacial score (nSPS) is 25.7. The zero-order valence-corrected chi connectivity index (χ0v) is 14.3. The van der Waals surface area contributed by atoms with Gasteiger partial charge in [0, 0.05) is 25.2 Å². The highest BCUT2D eigenvalue weighted by Gasteiger charge is 2.45. The first-order valence-corrected chi connectivity index (χ1v) is 9.37. The van der Waals surface area contributed by atoms with Crippen LogP contribution >= 0.6 is 0 Å². The third-order valence-electron chi connectivity index (χ3n) is 4.39. The van der Waals surface area contributed by atoms with E-state index in [4.69, 9.17) is 4.52 Å². The molecule has 2 aliphatic rings. The Morgan fingerprint density at radius 2 is 2.22 bits per heavy atom. The van der Waals surface area contributed by atoms with E-state index in [1.54, 1.807) is 13.0 Å². The molecule has 2 fully saturated rings. The number of carbonyl (C=O) groups is 1. The van der Waals surface area contributed by atoms with Gasteiger partial charge in [0.25, 0.3) is 0 Å². The Kier molecular flexibility index (Phi) is 4.09. The molecule has 128 valence electrons. The monoisotopic (exact) mass is 342 g/mol. The second-order valence-corrected chi connectivity index (χ2v) is 8.43. The van der Waals surface area contributed by atoms with Crippen molar-refractivity contribution in [3.63, 3.8) is 0 Å². The van der Waals surface area contributed by atoms with Crippen molar-refractivity contribution in [2.45, 2.75) is 51.1 Å². The van der Waals surface area contributed by atoms with Gasteiger partial charge in [-0.2, -0.15) is 4.31 Å². The Hall–Kier alpha value is -1.61. The lowest BCUT2D eigenvalue weighted by Gasteiger charge is -2.37. The van der Waals surface area contributed by atoms with E-state index in [2.05, 4.69) is 10.5 Å². The molecule has 0 bridgehead atoms. The summed E-state index contributed by atoms with van der Waals surface area (Å²) in [6, 6.07) is 1.51. The fourth-order valence-electron chi connectivity index (χ4n) is 3.39. The number of hydrogen-bond acceptors (Lipinski definition) is 5. The van der Waals surface area contributed by atoms with Crippen molar-refractivity contribution in [3.05, 3.63) is 17.5 Å². The maximum absolute atomic E-state index is 12.6. The number of amides is 2. The summed E-state index contributed by atoms with van der Waals surface area (Å²) in [7, 11) is -3.49. The molecule has 1 aromatic heterocycles. The highest BCUT2D eigenvalue weighted by Crippen LogP contribution is 2.27. The Balaban J connectivity index is 1.71. The molecular formula is C14H22N4O4S. The molecule has 0 aromatic carbocycles. The first kappa shape index (κ1) is 16.3. The van der Waals surface area contributed by atoms with Gasteiger partial charge in [0.05, 0.1) is 17.8 Å². The van der Waals surface area contributed by atoms with Gasteiger partial charge in [-0.15, -0.1) is 0 Å². The molecule has 0 aliphatic carbocycles. The second kappa shape index (κ2) is 5.79. The van der Waals surface area contributed by atoms with Crippen molar-refractivity contribution in [2.24, 2.45) is 0 Å². The van der Waals surface area contributed by atoms with E-state index in [1.165, 1.54) is 4.31 Å². The molecule has 8 nitrogen and oxygen atoms in total. The van der Waals surface area contributed by atoms with E-state index in [-0.39, 0.29) is 29.9 Å². The fourth-order valence-corrected chi connectivity index (χ4v) is 4.84. The maximum atomic E-state index is 12.6. The van der Waals surface area contributed by atoms with Gasteiger partial charge >= 0.3 is 6.03 Å². The minimum Gasteiger partial charge on any atom is -0.360 e. The van der Waals surface area contributed by atoms with Gasteiger partial charge in [-0.3, -0.25) is 0 Å². The van der Waals surface area contributed by atoms with Crippen LogP contribution in [0.3, 0.4) is 0 Å². The minimum atomic E-state index is -3.49. The molecule has 2 aliphatic heterocycles. The summed E-state index contributed by atoms with van der Waals surface area (Å²) in [5.74, 6) is 0.136. The van der Waals surface area contributed by atoms with Gasteiger partial charge in [-0.25, -0.2) is 13.2 Å². The van der Waals surface area contributed by atoms with Gasteiger partial charge in [0.2, 0.25) is 10.0 Å². The van der Waals surface area contributed by atoms with E-state index >= 15 is 0 Å². The highest BCUT2D eigenvalue weighted by atomic mass is 32.2. The van der Waals surface area contributed by atoms with Crippen LogP contribution in [0.4, 0.5) is 4.79 Å². The third-order valence-corrected chi connectivity index (χ3v) is 6.16. The standard InChI is InChI=1S/C14H22N4O4S/c1-9(2)18-13-4-5-17(7-12(13)15-14(18)19)23(20,21)8-11-6-10(3)16-22-11/h6,9,12-13H,4-5,7-8H2,1-3H3,(H,15,19)/t12-,13+/m1/s1. The molecule has 9 heteroatoms. The molecule has 0 unspecified atom stereocenters. The maximum Gasteiger partial charge on any atom is 0.318 e. The van der Waals surface area contributed by atoms with Crippen molar-refractivity contribution in [3.8, 4) is 0 Å². The summed E-state index contributed by atoms with van der Waals surface area (Å²) >= 11 is 0.